The number of carbonyl (C=O) groups excluding carboxylic acids is 1. The lowest BCUT2D eigenvalue weighted by Gasteiger charge is -2.14. The topological polar surface area (TPSA) is 49.3 Å². The fourth-order valence-electron chi connectivity index (χ4n) is 1.97. The fraction of sp³-hybridized carbons (Fsp3) is 0.188. The molecule has 0 bridgehead atoms. The lowest BCUT2D eigenvalue weighted by atomic mass is 10.1. The van der Waals surface area contributed by atoms with Gasteiger partial charge in [-0.2, -0.15) is 13.2 Å². The number of aliphatic hydroxyl groups is 1. The molecule has 0 saturated heterocycles. The van der Waals surface area contributed by atoms with Crippen molar-refractivity contribution in [2.45, 2.75) is 12.3 Å². The van der Waals surface area contributed by atoms with Crippen LogP contribution in [0.3, 0.4) is 0 Å². The monoisotopic (exact) mass is 377 g/mol. The number of hydrogen-bond acceptors (Lipinski definition) is 2. The van der Waals surface area contributed by atoms with Gasteiger partial charge in [-0.1, -0.05) is 35.3 Å². The summed E-state index contributed by atoms with van der Waals surface area (Å²) in [6.07, 6.45) is -5.59. The molecule has 0 aromatic heterocycles. The van der Waals surface area contributed by atoms with E-state index in [0.29, 0.717) is 5.02 Å². The number of benzene rings is 2. The molecule has 0 aliphatic rings. The van der Waals surface area contributed by atoms with Gasteiger partial charge in [0.1, 0.15) is 0 Å². The predicted molar refractivity (Wildman–Crippen MR) is 85.2 cm³/mol. The normalized spacial score (nSPS) is 12.8. The van der Waals surface area contributed by atoms with Gasteiger partial charge in [0.25, 0.3) is 5.91 Å². The van der Waals surface area contributed by atoms with Gasteiger partial charge in [0.15, 0.2) is 0 Å². The van der Waals surface area contributed by atoms with Gasteiger partial charge in [0.2, 0.25) is 0 Å². The summed E-state index contributed by atoms with van der Waals surface area (Å²) in [6.45, 7) is -0.177. The van der Waals surface area contributed by atoms with Crippen LogP contribution in [0.1, 0.15) is 27.6 Å². The number of hydrogen-bond donors (Lipinski definition) is 2. The lowest BCUT2D eigenvalue weighted by Crippen LogP contribution is -2.28. The van der Waals surface area contributed by atoms with Gasteiger partial charge in [-0.25, -0.2) is 0 Å². The number of amides is 1. The molecule has 3 nitrogen and oxygen atoms in total. The molecular formula is C16H12Cl2F3NO2. The predicted octanol–water partition coefficient (Wildman–Crippen LogP) is 4.48. The second-order valence-electron chi connectivity index (χ2n) is 4.97. The zero-order valence-electron chi connectivity index (χ0n) is 12.1. The van der Waals surface area contributed by atoms with E-state index in [0.717, 1.165) is 24.3 Å². The van der Waals surface area contributed by atoms with Crippen molar-refractivity contribution in [2.75, 3.05) is 6.54 Å². The Hall–Kier alpha value is -1.76. The largest absolute Gasteiger partial charge is 0.416 e. The molecular weight excluding hydrogens is 366 g/mol. The van der Waals surface area contributed by atoms with Crippen LogP contribution in [-0.2, 0) is 6.18 Å². The minimum absolute atomic E-state index is 0.156. The highest BCUT2D eigenvalue weighted by Crippen LogP contribution is 2.30. The molecule has 2 N–H and O–H groups in total. The van der Waals surface area contributed by atoms with Crippen LogP contribution in [0.15, 0.2) is 42.5 Å². The fourth-order valence-corrected chi connectivity index (χ4v) is 2.46. The van der Waals surface area contributed by atoms with Crippen LogP contribution in [0.2, 0.25) is 10.0 Å². The molecule has 0 heterocycles. The molecule has 1 amide bonds. The summed E-state index contributed by atoms with van der Waals surface area (Å²) in [7, 11) is 0. The number of halogens is 5. The zero-order valence-corrected chi connectivity index (χ0v) is 13.6. The van der Waals surface area contributed by atoms with Gasteiger partial charge in [-0.05, 0) is 35.9 Å². The Labute approximate surface area is 146 Å². The summed E-state index contributed by atoms with van der Waals surface area (Å²) < 4.78 is 37.5. The van der Waals surface area contributed by atoms with Crippen LogP contribution in [0, 0.1) is 0 Å². The summed E-state index contributed by atoms with van der Waals surface area (Å²) >= 11 is 11.6. The maximum absolute atomic E-state index is 12.5. The van der Waals surface area contributed by atoms with Gasteiger partial charge < -0.3 is 10.4 Å². The standard InChI is InChI=1S/C16H12Cl2F3NO2/c17-11-5-6-12(13(18)7-11)15(24)22-8-14(23)9-1-3-10(4-2-9)16(19,20)21/h1-7,14,23H,8H2,(H,22,24). The molecule has 1 unspecified atom stereocenters. The number of nitrogens with one attached hydrogen (secondary N) is 1. The number of alkyl halides is 3. The minimum Gasteiger partial charge on any atom is -0.387 e. The molecule has 0 aliphatic heterocycles. The Morgan fingerprint density at radius 1 is 1.12 bits per heavy atom. The van der Waals surface area contributed by atoms with E-state index in [2.05, 4.69) is 5.32 Å². The van der Waals surface area contributed by atoms with Crippen molar-refractivity contribution in [2.24, 2.45) is 0 Å². The Morgan fingerprint density at radius 3 is 2.29 bits per heavy atom. The van der Waals surface area contributed by atoms with E-state index in [1.165, 1.54) is 18.2 Å². The third-order valence-electron chi connectivity index (χ3n) is 3.25. The molecule has 2 aromatic carbocycles. The highest BCUT2D eigenvalue weighted by atomic mass is 35.5. The molecule has 2 aromatic rings. The number of rotatable bonds is 4. The van der Waals surface area contributed by atoms with Gasteiger partial charge >= 0.3 is 6.18 Å². The Balaban J connectivity index is 1.99. The van der Waals surface area contributed by atoms with Gasteiger partial charge in [0.05, 0.1) is 22.3 Å². The Morgan fingerprint density at radius 2 is 1.75 bits per heavy atom. The molecule has 1 atom stereocenters. The first-order chi connectivity index (χ1) is 11.2. The van der Waals surface area contributed by atoms with Crippen LogP contribution in [0.25, 0.3) is 0 Å². The summed E-state index contributed by atoms with van der Waals surface area (Å²) in [5, 5.41) is 13.0. The first-order valence-electron chi connectivity index (χ1n) is 6.77. The van der Waals surface area contributed by atoms with Crippen molar-refractivity contribution in [1.29, 1.82) is 0 Å². The first kappa shape index (κ1) is 18.6. The molecule has 8 heteroatoms. The molecule has 128 valence electrons. The first-order valence-corrected chi connectivity index (χ1v) is 7.52. The van der Waals surface area contributed by atoms with E-state index in [9.17, 15) is 23.1 Å². The van der Waals surface area contributed by atoms with E-state index >= 15 is 0 Å². The third-order valence-corrected chi connectivity index (χ3v) is 3.80. The second-order valence-corrected chi connectivity index (χ2v) is 5.81. The quantitative estimate of drug-likeness (QED) is 0.825. The highest BCUT2D eigenvalue weighted by Gasteiger charge is 2.30. The van der Waals surface area contributed by atoms with E-state index in [-0.39, 0.29) is 22.7 Å². The van der Waals surface area contributed by atoms with Crippen molar-refractivity contribution < 1.29 is 23.1 Å². The average Bonchev–Trinajstić information content (AvgIpc) is 2.51. The van der Waals surface area contributed by atoms with Crippen LogP contribution in [-0.4, -0.2) is 17.6 Å². The summed E-state index contributed by atoms with van der Waals surface area (Å²) in [5.74, 6) is -0.525. The molecule has 2 rings (SSSR count). The second kappa shape index (κ2) is 7.42. The van der Waals surface area contributed by atoms with Crippen LogP contribution < -0.4 is 5.32 Å². The average molecular weight is 378 g/mol. The summed E-state index contributed by atoms with van der Waals surface area (Å²) in [5.41, 5.74) is -0.373. The zero-order chi connectivity index (χ0) is 17.9. The molecule has 24 heavy (non-hydrogen) atoms. The van der Waals surface area contributed by atoms with Crippen LogP contribution >= 0.6 is 23.2 Å². The van der Waals surface area contributed by atoms with Crippen LogP contribution in [0.4, 0.5) is 13.2 Å². The maximum Gasteiger partial charge on any atom is 0.416 e. The lowest BCUT2D eigenvalue weighted by molar-refractivity contribution is -0.137. The van der Waals surface area contributed by atoms with E-state index in [1.54, 1.807) is 0 Å². The van der Waals surface area contributed by atoms with Crippen molar-refractivity contribution in [3.63, 3.8) is 0 Å². The third kappa shape index (κ3) is 4.63. The summed E-state index contributed by atoms with van der Waals surface area (Å²) in [6, 6.07) is 8.40. The SMILES string of the molecule is O=C(NCC(O)c1ccc(C(F)(F)F)cc1)c1ccc(Cl)cc1Cl. The van der Waals surface area contributed by atoms with Crippen LogP contribution in [0.5, 0.6) is 0 Å². The molecule has 0 spiro atoms. The van der Waals surface area contributed by atoms with E-state index in [1.807, 2.05) is 0 Å². The van der Waals surface area contributed by atoms with Gasteiger partial charge in [-0.3, -0.25) is 4.79 Å². The Bertz CT molecular complexity index is 733. The minimum atomic E-state index is -4.44. The van der Waals surface area contributed by atoms with Gasteiger partial charge in [-0.15, -0.1) is 0 Å². The smallest absolute Gasteiger partial charge is 0.387 e. The molecule has 0 aliphatic carbocycles. The Kier molecular flexibility index (Phi) is 5.74. The number of carbonyl (C=O) groups is 1. The molecule has 0 radical (unpaired) electrons. The highest BCUT2D eigenvalue weighted by molar-refractivity contribution is 6.36. The van der Waals surface area contributed by atoms with Crippen molar-refractivity contribution >= 4 is 29.1 Å². The maximum atomic E-state index is 12.5. The van der Waals surface area contributed by atoms with E-state index < -0.39 is 23.8 Å². The van der Waals surface area contributed by atoms with Crippen molar-refractivity contribution in [3.8, 4) is 0 Å². The number of aliphatic hydroxyl groups excluding tert-OH is 1. The van der Waals surface area contributed by atoms with Crippen molar-refractivity contribution in [3.05, 3.63) is 69.2 Å². The molecule has 0 saturated carbocycles. The van der Waals surface area contributed by atoms with Gasteiger partial charge in [0, 0.05) is 11.6 Å². The van der Waals surface area contributed by atoms with Crippen molar-refractivity contribution in [1.82, 2.24) is 5.32 Å². The summed E-state index contributed by atoms with van der Waals surface area (Å²) in [4.78, 5) is 12.0. The van der Waals surface area contributed by atoms with E-state index in [4.69, 9.17) is 23.2 Å². The molecule has 0 fully saturated rings.